The molecule has 1 aromatic carbocycles. The second kappa shape index (κ2) is 7.17. The van der Waals surface area contributed by atoms with Crippen molar-refractivity contribution >= 4 is 33.2 Å². The number of amides is 1. The minimum Gasteiger partial charge on any atom is -0.383 e. The van der Waals surface area contributed by atoms with Crippen LogP contribution in [0.25, 0.3) is 0 Å². The van der Waals surface area contributed by atoms with Gasteiger partial charge in [-0.15, -0.1) is 0 Å². The van der Waals surface area contributed by atoms with E-state index >= 15 is 0 Å². The molecule has 4 nitrogen and oxygen atoms in total. The molecule has 21 heavy (non-hydrogen) atoms. The van der Waals surface area contributed by atoms with Crippen molar-refractivity contribution in [2.75, 3.05) is 17.2 Å². The number of benzene rings is 1. The van der Waals surface area contributed by atoms with Crippen molar-refractivity contribution in [1.29, 1.82) is 0 Å². The number of hydrogen-bond acceptors (Lipinski definition) is 3. The fourth-order valence-corrected chi connectivity index (χ4v) is 2.23. The molecule has 0 aliphatic rings. The standard InChI is InChI=1S/C15H15BrFN3O/c1-2-7-19-13-9-18-8-6-10(13)15(21)20-14-11(16)4-3-5-12(14)17/h3-6,8-9,19H,2,7H2,1H3,(H,20,21). The normalized spacial score (nSPS) is 10.2. The number of carbonyl (C=O) groups excluding carboxylic acids is 1. The Hall–Kier alpha value is -1.95. The van der Waals surface area contributed by atoms with Gasteiger partial charge in [0.2, 0.25) is 0 Å². The molecular formula is C15H15BrFN3O. The Morgan fingerprint density at radius 3 is 2.90 bits per heavy atom. The average molecular weight is 352 g/mol. The Labute approximate surface area is 130 Å². The predicted octanol–water partition coefficient (Wildman–Crippen LogP) is 4.06. The third-order valence-electron chi connectivity index (χ3n) is 2.83. The van der Waals surface area contributed by atoms with Crippen LogP contribution in [-0.2, 0) is 0 Å². The quantitative estimate of drug-likeness (QED) is 0.853. The first kappa shape index (κ1) is 15.4. The van der Waals surface area contributed by atoms with Gasteiger partial charge in [0.15, 0.2) is 0 Å². The lowest BCUT2D eigenvalue weighted by atomic mass is 10.2. The van der Waals surface area contributed by atoms with Crippen molar-refractivity contribution in [2.24, 2.45) is 0 Å². The van der Waals surface area contributed by atoms with Crippen molar-refractivity contribution in [3.63, 3.8) is 0 Å². The molecule has 0 radical (unpaired) electrons. The molecule has 0 aliphatic carbocycles. The fraction of sp³-hybridized carbons (Fsp3) is 0.200. The van der Waals surface area contributed by atoms with Crippen molar-refractivity contribution < 1.29 is 9.18 Å². The van der Waals surface area contributed by atoms with Gasteiger partial charge in [0.1, 0.15) is 5.82 Å². The highest BCUT2D eigenvalue weighted by atomic mass is 79.9. The Balaban J connectivity index is 2.25. The summed E-state index contributed by atoms with van der Waals surface area (Å²) in [5.41, 5.74) is 1.18. The minimum atomic E-state index is -0.491. The topological polar surface area (TPSA) is 54.0 Å². The van der Waals surface area contributed by atoms with Crippen LogP contribution in [0.1, 0.15) is 23.7 Å². The lowest BCUT2D eigenvalue weighted by Gasteiger charge is -2.12. The van der Waals surface area contributed by atoms with Crippen LogP contribution >= 0.6 is 15.9 Å². The van der Waals surface area contributed by atoms with Gasteiger partial charge < -0.3 is 10.6 Å². The van der Waals surface area contributed by atoms with E-state index in [4.69, 9.17) is 0 Å². The van der Waals surface area contributed by atoms with Crippen molar-refractivity contribution in [3.05, 3.63) is 52.5 Å². The molecule has 1 aromatic heterocycles. The molecule has 2 rings (SSSR count). The Morgan fingerprint density at radius 1 is 1.38 bits per heavy atom. The number of aromatic nitrogens is 1. The molecule has 0 aliphatic heterocycles. The molecule has 0 unspecified atom stereocenters. The average Bonchev–Trinajstić information content (AvgIpc) is 2.49. The number of rotatable bonds is 5. The van der Waals surface area contributed by atoms with Gasteiger partial charge in [-0.3, -0.25) is 9.78 Å². The maximum atomic E-state index is 13.8. The van der Waals surface area contributed by atoms with E-state index in [-0.39, 0.29) is 11.6 Å². The SMILES string of the molecule is CCCNc1cnccc1C(=O)Nc1c(F)cccc1Br. The van der Waals surface area contributed by atoms with E-state index in [1.807, 2.05) is 6.92 Å². The van der Waals surface area contributed by atoms with E-state index in [1.165, 1.54) is 12.3 Å². The van der Waals surface area contributed by atoms with Crippen molar-refractivity contribution in [3.8, 4) is 0 Å². The van der Waals surface area contributed by atoms with Crippen LogP contribution in [0.4, 0.5) is 15.8 Å². The highest BCUT2D eigenvalue weighted by molar-refractivity contribution is 9.10. The predicted molar refractivity (Wildman–Crippen MR) is 85.1 cm³/mol. The molecule has 110 valence electrons. The highest BCUT2D eigenvalue weighted by Gasteiger charge is 2.15. The zero-order valence-electron chi connectivity index (χ0n) is 11.5. The molecule has 1 amide bonds. The number of pyridine rings is 1. The molecule has 0 fully saturated rings. The number of carbonyl (C=O) groups is 1. The third kappa shape index (κ3) is 3.78. The third-order valence-corrected chi connectivity index (χ3v) is 3.49. The summed E-state index contributed by atoms with van der Waals surface area (Å²) in [7, 11) is 0. The van der Waals surface area contributed by atoms with E-state index in [0.29, 0.717) is 15.7 Å². The lowest BCUT2D eigenvalue weighted by Crippen LogP contribution is -2.16. The lowest BCUT2D eigenvalue weighted by molar-refractivity contribution is 0.102. The summed E-state index contributed by atoms with van der Waals surface area (Å²) < 4.78 is 14.3. The molecule has 0 saturated carbocycles. The summed E-state index contributed by atoms with van der Waals surface area (Å²) in [5.74, 6) is -0.878. The second-order valence-electron chi connectivity index (χ2n) is 4.40. The van der Waals surface area contributed by atoms with Gasteiger partial charge in [-0.1, -0.05) is 13.0 Å². The number of anilines is 2. The molecule has 6 heteroatoms. The van der Waals surface area contributed by atoms with Crippen LogP contribution in [0.3, 0.4) is 0 Å². The van der Waals surface area contributed by atoms with Crippen LogP contribution in [-0.4, -0.2) is 17.4 Å². The van der Waals surface area contributed by atoms with E-state index < -0.39 is 5.82 Å². The second-order valence-corrected chi connectivity index (χ2v) is 5.25. The Morgan fingerprint density at radius 2 is 2.19 bits per heavy atom. The first-order valence-electron chi connectivity index (χ1n) is 6.56. The molecule has 1 heterocycles. The molecule has 0 atom stereocenters. The smallest absolute Gasteiger partial charge is 0.257 e. The first-order valence-corrected chi connectivity index (χ1v) is 7.36. The molecule has 2 aromatic rings. The highest BCUT2D eigenvalue weighted by Crippen LogP contribution is 2.26. The van der Waals surface area contributed by atoms with Crippen molar-refractivity contribution in [2.45, 2.75) is 13.3 Å². The van der Waals surface area contributed by atoms with Gasteiger partial charge in [0, 0.05) is 17.2 Å². The van der Waals surface area contributed by atoms with Crippen LogP contribution < -0.4 is 10.6 Å². The summed E-state index contributed by atoms with van der Waals surface area (Å²) in [6.45, 7) is 2.76. The van der Waals surface area contributed by atoms with Gasteiger partial charge >= 0.3 is 0 Å². The van der Waals surface area contributed by atoms with Crippen molar-refractivity contribution in [1.82, 2.24) is 4.98 Å². The largest absolute Gasteiger partial charge is 0.383 e. The number of nitrogens with one attached hydrogen (secondary N) is 2. The number of hydrogen-bond donors (Lipinski definition) is 2. The maximum absolute atomic E-state index is 13.8. The van der Waals surface area contributed by atoms with E-state index in [2.05, 4.69) is 31.5 Å². The van der Waals surface area contributed by atoms with E-state index in [1.54, 1.807) is 24.4 Å². The summed E-state index contributed by atoms with van der Waals surface area (Å²) in [6, 6.07) is 6.13. The van der Waals surface area contributed by atoms with Gasteiger partial charge in [-0.2, -0.15) is 0 Å². The monoisotopic (exact) mass is 351 g/mol. The van der Waals surface area contributed by atoms with Crippen LogP contribution in [0.2, 0.25) is 0 Å². The zero-order chi connectivity index (χ0) is 15.2. The number of para-hydroxylation sites is 1. The van der Waals surface area contributed by atoms with E-state index in [0.717, 1.165) is 13.0 Å². The first-order chi connectivity index (χ1) is 10.1. The Kier molecular flexibility index (Phi) is 5.27. The van der Waals surface area contributed by atoms with Gasteiger partial charge in [0.05, 0.1) is 23.1 Å². The Bertz CT molecular complexity index is 628. The van der Waals surface area contributed by atoms with E-state index in [9.17, 15) is 9.18 Å². The van der Waals surface area contributed by atoms with Crippen LogP contribution in [0.15, 0.2) is 41.1 Å². The summed E-state index contributed by atoms with van der Waals surface area (Å²) in [4.78, 5) is 16.3. The van der Waals surface area contributed by atoms with Crippen LogP contribution in [0, 0.1) is 5.82 Å². The number of halogens is 2. The summed E-state index contributed by atoms with van der Waals surface area (Å²) in [6.07, 6.45) is 4.04. The summed E-state index contributed by atoms with van der Waals surface area (Å²) in [5, 5.41) is 5.71. The van der Waals surface area contributed by atoms with Gasteiger partial charge in [-0.05, 0) is 40.5 Å². The minimum absolute atomic E-state index is 0.126. The summed E-state index contributed by atoms with van der Waals surface area (Å²) >= 11 is 3.23. The maximum Gasteiger partial charge on any atom is 0.257 e. The fourth-order valence-electron chi connectivity index (χ4n) is 1.79. The van der Waals surface area contributed by atoms with Gasteiger partial charge in [-0.25, -0.2) is 4.39 Å². The zero-order valence-corrected chi connectivity index (χ0v) is 13.1. The van der Waals surface area contributed by atoms with Gasteiger partial charge in [0.25, 0.3) is 5.91 Å². The van der Waals surface area contributed by atoms with Crippen LogP contribution in [0.5, 0.6) is 0 Å². The molecule has 0 saturated heterocycles. The molecule has 0 spiro atoms. The number of nitrogens with zero attached hydrogens (tertiary/aromatic N) is 1. The molecular weight excluding hydrogens is 337 g/mol. The molecule has 2 N–H and O–H groups in total. The molecule has 0 bridgehead atoms.